The number of phenols is 1. The van der Waals surface area contributed by atoms with Gasteiger partial charge < -0.3 is 9.84 Å². The molecule has 1 N–H and O–H groups in total. The molecule has 0 spiro atoms. The third kappa shape index (κ3) is 1.73. The number of likely N-dealkylation sites (tertiary alicyclic amines) is 1. The largest absolute Gasteiger partial charge is 0.508 e. The van der Waals surface area contributed by atoms with E-state index < -0.39 is 0 Å². The van der Waals surface area contributed by atoms with Gasteiger partial charge in [-0.2, -0.15) is 0 Å². The Labute approximate surface area is 89.3 Å². The SMILES string of the molecule is Oc1ccc(CN2CC3CC2CO3)cc1. The van der Waals surface area contributed by atoms with Crippen LogP contribution in [0.5, 0.6) is 5.75 Å². The molecule has 1 aromatic carbocycles. The zero-order chi connectivity index (χ0) is 10.3. The molecule has 2 fully saturated rings. The molecule has 1 aromatic rings. The molecule has 2 unspecified atom stereocenters. The summed E-state index contributed by atoms with van der Waals surface area (Å²) in [6.45, 7) is 2.93. The second kappa shape index (κ2) is 3.51. The van der Waals surface area contributed by atoms with Crippen LogP contribution < -0.4 is 0 Å². The minimum atomic E-state index is 0.338. The van der Waals surface area contributed by atoms with Crippen molar-refractivity contribution in [2.24, 2.45) is 0 Å². The highest BCUT2D eigenvalue weighted by atomic mass is 16.5. The molecule has 3 rings (SSSR count). The van der Waals surface area contributed by atoms with Crippen molar-refractivity contribution in [3.63, 3.8) is 0 Å². The van der Waals surface area contributed by atoms with Gasteiger partial charge in [0, 0.05) is 19.1 Å². The highest BCUT2D eigenvalue weighted by molar-refractivity contribution is 5.26. The lowest BCUT2D eigenvalue weighted by Crippen LogP contribution is -2.36. The first-order valence-corrected chi connectivity index (χ1v) is 5.45. The standard InChI is InChI=1S/C12H15NO2/c14-11-3-1-9(2-4-11)6-13-7-12-5-10(13)8-15-12/h1-4,10,12,14H,5-8H2. The molecule has 3 heteroatoms. The number of nitrogens with zero attached hydrogens (tertiary/aromatic N) is 1. The van der Waals surface area contributed by atoms with Crippen LogP contribution in [0.1, 0.15) is 12.0 Å². The van der Waals surface area contributed by atoms with Gasteiger partial charge in [0.1, 0.15) is 5.75 Å². The third-order valence-electron chi connectivity index (χ3n) is 3.34. The molecule has 0 aromatic heterocycles. The third-order valence-corrected chi connectivity index (χ3v) is 3.34. The number of aromatic hydroxyl groups is 1. The van der Waals surface area contributed by atoms with E-state index in [1.165, 1.54) is 12.0 Å². The number of hydrogen-bond donors (Lipinski definition) is 1. The number of hydrogen-bond acceptors (Lipinski definition) is 3. The molecule has 80 valence electrons. The van der Waals surface area contributed by atoms with E-state index in [9.17, 15) is 5.11 Å². The summed E-state index contributed by atoms with van der Waals surface area (Å²) < 4.78 is 5.56. The zero-order valence-corrected chi connectivity index (χ0v) is 8.60. The number of morpholine rings is 1. The first kappa shape index (κ1) is 9.19. The molecular weight excluding hydrogens is 190 g/mol. The molecule has 2 aliphatic rings. The van der Waals surface area contributed by atoms with E-state index in [1.54, 1.807) is 12.1 Å². The number of ether oxygens (including phenoxy) is 1. The summed E-state index contributed by atoms with van der Waals surface area (Å²) in [5.41, 5.74) is 1.26. The van der Waals surface area contributed by atoms with E-state index in [2.05, 4.69) is 4.90 Å². The highest BCUT2D eigenvalue weighted by Crippen LogP contribution is 2.29. The first-order chi connectivity index (χ1) is 7.31. The van der Waals surface area contributed by atoms with Crippen LogP contribution in [-0.2, 0) is 11.3 Å². The summed E-state index contributed by atoms with van der Waals surface area (Å²) in [6.07, 6.45) is 1.66. The molecule has 0 amide bonds. The van der Waals surface area contributed by atoms with Gasteiger partial charge in [-0.1, -0.05) is 12.1 Å². The van der Waals surface area contributed by atoms with Crippen LogP contribution in [0, 0.1) is 0 Å². The topological polar surface area (TPSA) is 32.7 Å². The van der Waals surface area contributed by atoms with E-state index >= 15 is 0 Å². The Bertz CT molecular complexity index is 349. The number of phenolic OH excluding ortho intramolecular Hbond substituents is 1. The fourth-order valence-corrected chi connectivity index (χ4v) is 2.51. The van der Waals surface area contributed by atoms with Crippen molar-refractivity contribution < 1.29 is 9.84 Å². The average molecular weight is 205 g/mol. The molecule has 2 bridgehead atoms. The second-order valence-corrected chi connectivity index (χ2v) is 4.44. The van der Waals surface area contributed by atoms with Crippen molar-refractivity contribution in [2.45, 2.75) is 25.1 Å². The Morgan fingerprint density at radius 2 is 2.13 bits per heavy atom. The van der Waals surface area contributed by atoms with Gasteiger partial charge in [0.15, 0.2) is 0 Å². The molecule has 2 heterocycles. The van der Waals surface area contributed by atoms with Gasteiger partial charge in [0.05, 0.1) is 12.7 Å². The monoisotopic (exact) mass is 205 g/mol. The van der Waals surface area contributed by atoms with E-state index in [1.807, 2.05) is 12.1 Å². The van der Waals surface area contributed by atoms with E-state index in [0.29, 0.717) is 17.9 Å². The number of rotatable bonds is 2. The fourth-order valence-electron chi connectivity index (χ4n) is 2.51. The van der Waals surface area contributed by atoms with Gasteiger partial charge in [-0.25, -0.2) is 0 Å². The van der Waals surface area contributed by atoms with Gasteiger partial charge in [-0.05, 0) is 24.1 Å². The molecule has 2 aliphatic heterocycles. The van der Waals surface area contributed by atoms with Crippen LogP contribution >= 0.6 is 0 Å². The summed E-state index contributed by atoms with van der Waals surface area (Å²) >= 11 is 0. The summed E-state index contributed by atoms with van der Waals surface area (Å²) in [4.78, 5) is 2.47. The Morgan fingerprint density at radius 1 is 1.33 bits per heavy atom. The number of fused-ring (bicyclic) bond motifs is 2. The number of benzene rings is 1. The van der Waals surface area contributed by atoms with E-state index in [0.717, 1.165) is 19.7 Å². The molecule has 0 radical (unpaired) electrons. The Hall–Kier alpha value is -1.06. The molecule has 3 nitrogen and oxygen atoms in total. The molecule has 2 atom stereocenters. The molecule has 0 saturated carbocycles. The smallest absolute Gasteiger partial charge is 0.115 e. The first-order valence-electron chi connectivity index (χ1n) is 5.45. The molecule has 15 heavy (non-hydrogen) atoms. The Morgan fingerprint density at radius 3 is 2.73 bits per heavy atom. The van der Waals surface area contributed by atoms with Gasteiger partial charge >= 0.3 is 0 Å². The molecule has 2 saturated heterocycles. The van der Waals surface area contributed by atoms with Crippen molar-refractivity contribution in [1.29, 1.82) is 0 Å². The van der Waals surface area contributed by atoms with Crippen molar-refractivity contribution in [3.05, 3.63) is 29.8 Å². The lowest BCUT2D eigenvalue weighted by molar-refractivity contribution is 0.0273. The highest BCUT2D eigenvalue weighted by Gasteiger charge is 2.38. The summed E-state index contributed by atoms with van der Waals surface area (Å²) in [6, 6.07) is 8.09. The van der Waals surface area contributed by atoms with Gasteiger partial charge in [-0.3, -0.25) is 4.90 Å². The van der Waals surface area contributed by atoms with E-state index in [-0.39, 0.29) is 0 Å². The maximum Gasteiger partial charge on any atom is 0.115 e. The predicted octanol–water partition coefficient (Wildman–Crippen LogP) is 1.37. The van der Waals surface area contributed by atoms with Crippen molar-refractivity contribution in [1.82, 2.24) is 4.90 Å². The zero-order valence-electron chi connectivity index (χ0n) is 8.60. The van der Waals surface area contributed by atoms with Crippen molar-refractivity contribution >= 4 is 0 Å². The van der Waals surface area contributed by atoms with Crippen LogP contribution in [-0.4, -0.2) is 35.3 Å². The lowest BCUT2D eigenvalue weighted by Gasteiger charge is -2.26. The van der Waals surface area contributed by atoms with Crippen molar-refractivity contribution in [3.8, 4) is 5.75 Å². The second-order valence-electron chi connectivity index (χ2n) is 4.44. The minimum Gasteiger partial charge on any atom is -0.508 e. The van der Waals surface area contributed by atoms with Crippen molar-refractivity contribution in [2.75, 3.05) is 13.2 Å². The molecular formula is C12H15NO2. The van der Waals surface area contributed by atoms with Gasteiger partial charge in [0.2, 0.25) is 0 Å². The van der Waals surface area contributed by atoms with Gasteiger partial charge in [-0.15, -0.1) is 0 Å². The van der Waals surface area contributed by atoms with Crippen LogP contribution in [0.25, 0.3) is 0 Å². The lowest BCUT2D eigenvalue weighted by atomic mass is 10.2. The van der Waals surface area contributed by atoms with Crippen LogP contribution in [0.15, 0.2) is 24.3 Å². The maximum absolute atomic E-state index is 9.19. The predicted molar refractivity (Wildman–Crippen MR) is 56.7 cm³/mol. The quantitative estimate of drug-likeness (QED) is 0.791. The average Bonchev–Trinajstić information content (AvgIpc) is 2.83. The minimum absolute atomic E-state index is 0.338. The van der Waals surface area contributed by atoms with Crippen LogP contribution in [0.2, 0.25) is 0 Å². The van der Waals surface area contributed by atoms with Gasteiger partial charge in [0.25, 0.3) is 0 Å². The van der Waals surface area contributed by atoms with E-state index in [4.69, 9.17) is 4.74 Å². The summed E-state index contributed by atoms with van der Waals surface area (Å²) in [7, 11) is 0. The normalized spacial score (nSPS) is 29.9. The Balaban J connectivity index is 1.68. The molecule has 0 aliphatic carbocycles. The maximum atomic E-state index is 9.19. The summed E-state index contributed by atoms with van der Waals surface area (Å²) in [5.74, 6) is 0.338. The van der Waals surface area contributed by atoms with Crippen LogP contribution in [0.3, 0.4) is 0 Å². The Kier molecular flexibility index (Phi) is 2.15. The summed E-state index contributed by atoms with van der Waals surface area (Å²) in [5, 5.41) is 9.19. The van der Waals surface area contributed by atoms with Crippen LogP contribution in [0.4, 0.5) is 0 Å². The fraction of sp³-hybridized carbons (Fsp3) is 0.500.